The topological polar surface area (TPSA) is 123 Å². The van der Waals surface area contributed by atoms with Crippen LogP contribution in [-0.2, 0) is 21.0 Å². The van der Waals surface area contributed by atoms with E-state index in [4.69, 9.17) is 25.8 Å². The summed E-state index contributed by atoms with van der Waals surface area (Å²) in [5.74, 6) is -1.29. The molecule has 4 aromatic carbocycles. The second-order valence-corrected chi connectivity index (χ2v) is 10.8. The number of aryl methyl sites for hydroxylation is 1. The van der Waals surface area contributed by atoms with Gasteiger partial charge in [-0.2, -0.15) is 0 Å². The van der Waals surface area contributed by atoms with Gasteiger partial charge in [-0.15, -0.1) is 0 Å². The molecule has 0 atom stereocenters. The van der Waals surface area contributed by atoms with E-state index in [1.165, 1.54) is 25.3 Å². The van der Waals surface area contributed by atoms with Crippen LogP contribution in [0.25, 0.3) is 6.08 Å². The quantitative estimate of drug-likeness (QED) is 0.156. The smallest absolute Gasteiger partial charge is 0.335 e. The summed E-state index contributed by atoms with van der Waals surface area (Å²) in [6.45, 7) is 3.85. The highest BCUT2D eigenvalue weighted by Gasteiger charge is 2.37. The minimum Gasteiger partial charge on any atom is -0.493 e. The van der Waals surface area contributed by atoms with Gasteiger partial charge in [-0.05, 0) is 84.6 Å². The fraction of sp³-hybridized carbons (Fsp3) is 0.143. The van der Waals surface area contributed by atoms with Gasteiger partial charge in [-0.1, -0.05) is 54.1 Å². The molecule has 1 aliphatic rings. The molecule has 1 aliphatic heterocycles. The van der Waals surface area contributed by atoms with E-state index in [1.54, 1.807) is 30.3 Å². The third kappa shape index (κ3) is 7.19. The summed E-state index contributed by atoms with van der Waals surface area (Å²) in [7, 11) is 1.39. The normalized spacial score (nSPS) is 13.8. The summed E-state index contributed by atoms with van der Waals surface area (Å²) in [5, 5.41) is 5.09. The number of imide groups is 2. The van der Waals surface area contributed by atoms with E-state index in [-0.39, 0.29) is 34.4 Å². The Morgan fingerprint density at radius 3 is 2.39 bits per heavy atom. The molecule has 0 aliphatic carbocycles. The summed E-state index contributed by atoms with van der Waals surface area (Å²) in [6.07, 6.45) is 1.29. The van der Waals surface area contributed by atoms with Gasteiger partial charge in [-0.3, -0.25) is 19.7 Å². The van der Waals surface area contributed by atoms with Crippen molar-refractivity contribution in [2.75, 3.05) is 23.9 Å². The first kappa shape index (κ1) is 31.8. The molecule has 1 heterocycles. The average Bonchev–Trinajstić information content (AvgIpc) is 3.04. The van der Waals surface area contributed by atoms with Crippen LogP contribution in [0.2, 0.25) is 5.02 Å². The number of nitrogens with zero attached hydrogens (tertiary/aromatic N) is 1. The summed E-state index contributed by atoms with van der Waals surface area (Å²) >= 11 is 6.49. The molecule has 1 saturated heterocycles. The van der Waals surface area contributed by atoms with Crippen molar-refractivity contribution in [3.05, 3.63) is 118 Å². The second kappa shape index (κ2) is 14.0. The predicted molar refractivity (Wildman–Crippen MR) is 174 cm³/mol. The minimum atomic E-state index is -0.886. The number of ether oxygens (including phenoxy) is 3. The summed E-state index contributed by atoms with van der Waals surface area (Å²) in [5.41, 5.74) is 3.90. The molecule has 2 N–H and O–H groups in total. The summed E-state index contributed by atoms with van der Waals surface area (Å²) < 4.78 is 16.9. The number of hydrogen-bond acceptors (Lipinski definition) is 7. The van der Waals surface area contributed by atoms with Gasteiger partial charge in [0.05, 0.1) is 17.8 Å². The van der Waals surface area contributed by atoms with Gasteiger partial charge in [-0.25, -0.2) is 9.69 Å². The lowest BCUT2D eigenvalue weighted by Gasteiger charge is -2.26. The lowest BCUT2D eigenvalue weighted by Crippen LogP contribution is -2.54. The third-order valence-electron chi connectivity index (χ3n) is 7.23. The van der Waals surface area contributed by atoms with Crippen molar-refractivity contribution in [1.82, 2.24) is 5.32 Å². The average molecular weight is 640 g/mol. The van der Waals surface area contributed by atoms with E-state index < -0.39 is 23.8 Å². The molecule has 0 radical (unpaired) electrons. The van der Waals surface area contributed by atoms with Crippen LogP contribution in [-0.4, -0.2) is 37.5 Å². The Hall–Kier alpha value is -5.61. The van der Waals surface area contributed by atoms with Crippen molar-refractivity contribution in [2.24, 2.45) is 0 Å². The van der Waals surface area contributed by atoms with E-state index in [0.29, 0.717) is 23.6 Å². The van der Waals surface area contributed by atoms with Crippen LogP contribution in [0.15, 0.2) is 90.5 Å². The number of nitrogens with one attached hydrogen (secondary N) is 2. The zero-order valence-corrected chi connectivity index (χ0v) is 26.0. The molecule has 5 rings (SSSR count). The van der Waals surface area contributed by atoms with Crippen molar-refractivity contribution < 1.29 is 33.4 Å². The second-order valence-electron chi connectivity index (χ2n) is 10.3. The molecule has 0 saturated carbocycles. The number of anilines is 2. The molecule has 0 bridgehead atoms. The van der Waals surface area contributed by atoms with Crippen molar-refractivity contribution in [1.29, 1.82) is 0 Å². The number of benzene rings is 4. The number of methoxy groups -OCH3 is 1. The van der Waals surface area contributed by atoms with Gasteiger partial charge in [0.1, 0.15) is 17.9 Å². The zero-order chi connectivity index (χ0) is 32.8. The first-order valence-corrected chi connectivity index (χ1v) is 14.6. The van der Waals surface area contributed by atoms with Crippen LogP contribution in [0.3, 0.4) is 0 Å². The Bertz CT molecular complexity index is 1840. The van der Waals surface area contributed by atoms with E-state index >= 15 is 0 Å². The molecule has 10 nitrogen and oxygen atoms in total. The van der Waals surface area contributed by atoms with Crippen molar-refractivity contribution in [3.63, 3.8) is 0 Å². The number of rotatable bonds is 10. The zero-order valence-electron chi connectivity index (χ0n) is 25.3. The Morgan fingerprint density at radius 2 is 1.67 bits per heavy atom. The molecule has 11 heteroatoms. The molecule has 0 unspecified atom stereocenters. The van der Waals surface area contributed by atoms with Crippen molar-refractivity contribution in [3.8, 4) is 17.2 Å². The molecule has 4 aromatic rings. The largest absolute Gasteiger partial charge is 0.493 e. The maximum Gasteiger partial charge on any atom is 0.335 e. The fourth-order valence-corrected chi connectivity index (χ4v) is 4.94. The van der Waals surface area contributed by atoms with Crippen LogP contribution in [0, 0.1) is 13.8 Å². The molecule has 1 fully saturated rings. The number of barbiturate groups is 1. The first-order chi connectivity index (χ1) is 22.1. The van der Waals surface area contributed by atoms with Crippen molar-refractivity contribution >= 4 is 52.8 Å². The monoisotopic (exact) mass is 639 g/mol. The molecular formula is C35H30ClN3O7. The number of carbonyl (C=O) groups excluding carboxylic acids is 4. The maximum atomic E-state index is 13.4. The van der Waals surface area contributed by atoms with Gasteiger partial charge < -0.3 is 19.5 Å². The van der Waals surface area contributed by atoms with Gasteiger partial charge >= 0.3 is 6.03 Å². The maximum absolute atomic E-state index is 13.4. The third-order valence-corrected chi connectivity index (χ3v) is 7.51. The number of carbonyl (C=O) groups is 4. The molecule has 0 aromatic heterocycles. The number of amides is 5. The lowest BCUT2D eigenvalue weighted by molar-refractivity contribution is -0.122. The van der Waals surface area contributed by atoms with Crippen molar-refractivity contribution in [2.45, 2.75) is 20.5 Å². The summed E-state index contributed by atoms with van der Waals surface area (Å²) in [4.78, 5) is 52.4. The van der Waals surface area contributed by atoms with Gasteiger partial charge in [0.2, 0.25) is 0 Å². The number of halogens is 1. The highest BCUT2D eigenvalue weighted by atomic mass is 35.5. The number of hydrogen-bond donors (Lipinski definition) is 2. The molecule has 46 heavy (non-hydrogen) atoms. The molecular weight excluding hydrogens is 610 g/mol. The highest BCUT2D eigenvalue weighted by Crippen LogP contribution is 2.37. The minimum absolute atomic E-state index is 0.0772. The molecule has 234 valence electrons. The number of urea groups is 1. The SMILES string of the molecule is COc1cc(/C=C2/C(=O)NC(=O)N(c3ccc(OCc4ccccc4)cc3)C2=O)cc(Cl)c1OCC(=O)Nc1cccc(C)c1C. The van der Waals surface area contributed by atoms with Crippen LogP contribution in [0.4, 0.5) is 16.2 Å². The van der Waals surface area contributed by atoms with E-state index in [2.05, 4.69) is 10.6 Å². The van der Waals surface area contributed by atoms with Crippen LogP contribution in [0.5, 0.6) is 17.2 Å². The lowest BCUT2D eigenvalue weighted by atomic mass is 10.1. The summed E-state index contributed by atoms with van der Waals surface area (Å²) in [6, 6.07) is 23.6. The van der Waals surface area contributed by atoms with Gasteiger partial charge in [0, 0.05) is 5.69 Å². The van der Waals surface area contributed by atoms with Crippen LogP contribution < -0.4 is 29.7 Å². The van der Waals surface area contributed by atoms with Gasteiger partial charge in [0.25, 0.3) is 17.7 Å². The van der Waals surface area contributed by atoms with Crippen LogP contribution in [0.1, 0.15) is 22.3 Å². The van der Waals surface area contributed by atoms with E-state index in [0.717, 1.165) is 21.6 Å². The standard InChI is InChI=1S/C35H30ClN3O7/c1-21-8-7-11-29(22(21)2)37-31(40)20-46-32-28(36)17-24(18-30(32)44-3)16-27-33(41)38-35(43)39(34(27)42)25-12-14-26(15-13-25)45-19-23-9-5-4-6-10-23/h4-18H,19-20H2,1-3H3,(H,37,40)(H,38,41,43)/b27-16-. The Morgan fingerprint density at radius 1 is 0.935 bits per heavy atom. The Balaban J connectivity index is 1.30. The first-order valence-electron chi connectivity index (χ1n) is 14.2. The molecule has 0 spiro atoms. The highest BCUT2D eigenvalue weighted by molar-refractivity contribution is 6.39. The van der Waals surface area contributed by atoms with Crippen LogP contribution >= 0.6 is 11.6 Å². The van der Waals surface area contributed by atoms with Gasteiger partial charge in [0.15, 0.2) is 18.1 Å². The molecule has 5 amide bonds. The Labute approximate surface area is 270 Å². The van der Waals surface area contributed by atoms with E-state index in [9.17, 15) is 19.2 Å². The Kier molecular flexibility index (Phi) is 9.68. The predicted octanol–water partition coefficient (Wildman–Crippen LogP) is 6.23. The fourth-order valence-electron chi connectivity index (χ4n) is 4.66. The van der Waals surface area contributed by atoms with E-state index in [1.807, 2.05) is 56.3 Å².